The number of hydrogen-bond acceptors (Lipinski definition) is 2. The largest absolute Gasteiger partial charge is 0.293 e. The molecule has 0 fully saturated rings. The Kier molecular flexibility index (Phi) is 3.80. The third-order valence-corrected chi connectivity index (χ3v) is 3.03. The summed E-state index contributed by atoms with van der Waals surface area (Å²) in [5.74, 6) is 0. The number of hydroxylamine groups is 2. The van der Waals surface area contributed by atoms with Crippen molar-refractivity contribution in [2.75, 3.05) is 7.05 Å². The van der Waals surface area contributed by atoms with Crippen molar-refractivity contribution >= 4 is 0 Å². The van der Waals surface area contributed by atoms with Crippen molar-refractivity contribution in [3.8, 4) is 0 Å². The second-order valence-electron chi connectivity index (χ2n) is 6.51. The van der Waals surface area contributed by atoms with Gasteiger partial charge in [-0.15, -0.1) is 0 Å². The standard InChI is InChI=1S/C12H27NO/c1-10(2,3)12(7,8)13(9)14-11(4,5)6/h1-9H3. The summed E-state index contributed by atoms with van der Waals surface area (Å²) in [6.45, 7) is 17.3. The molecule has 0 aromatic heterocycles. The number of hydrogen-bond donors (Lipinski definition) is 0. The quantitative estimate of drug-likeness (QED) is 0.634. The van der Waals surface area contributed by atoms with Crippen molar-refractivity contribution in [2.24, 2.45) is 5.41 Å². The summed E-state index contributed by atoms with van der Waals surface area (Å²) in [5.41, 5.74) is 0.0740. The van der Waals surface area contributed by atoms with Gasteiger partial charge in [-0.3, -0.25) is 4.84 Å². The zero-order valence-electron chi connectivity index (χ0n) is 11.4. The van der Waals surface area contributed by atoms with Crippen LogP contribution >= 0.6 is 0 Å². The van der Waals surface area contributed by atoms with Crippen LogP contribution in [0.1, 0.15) is 55.4 Å². The van der Waals surface area contributed by atoms with E-state index >= 15 is 0 Å². The van der Waals surface area contributed by atoms with E-state index in [0.29, 0.717) is 0 Å². The first kappa shape index (κ1) is 13.9. The molecule has 0 N–H and O–H groups in total. The van der Waals surface area contributed by atoms with Crippen LogP contribution in [-0.4, -0.2) is 23.3 Å². The Morgan fingerprint density at radius 2 is 1.14 bits per heavy atom. The second kappa shape index (κ2) is 3.82. The predicted octanol–water partition coefficient (Wildman–Crippen LogP) is 3.47. The lowest BCUT2D eigenvalue weighted by Gasteiger charge is -2.47. The monoisotopic (exact) mass is 201 g/mol. The van der Waals surface area contributed by atoms with Gasteiger partial charge in [0.15, 0.2) is 0 Å². The highest BCUT2D eigenvalue weighted by atomic mass is 16.7. The van der Waals surface area contributed by atoms with Crippen molar-refractivity contribution in [1.29, 1.82) is 0 Å². The molecule has 86 valence electrons. The maximum Gasteiger partial charge on any atom is 0.0816 e. The lowest BCUT2D eigenvalue weighted by atomic mass is 9.76. The lowest BCUT2D eigenvalue weighted by Crippen LogP contribution is -2.53. The molecule has 2 nitrogen and oxygen atoms in total. The summed E-state index contributed by atoms with van der Waals surface area (Å²) in [5, 5.41) is 1.98. The highest BCUT2D eigenvalue weighted by molar-refractivity contribution is 4.88. The summed E-state index contributed by atoms with van der Waals surface area (Å²) < 4.78 is 0. The Morgan fingerprint density at radius 3 is 1.36 bits per heavy atom. The minimum atomic E-state index is -0.128. The van der Waals surface area contributed by atoms with E-state index < -0.39 is 0 Å². The highest BCUT2D eigenvalue weighted by Gasteiger charge is 2.38. The fourth-order valence-electron chi connectivity index (χ4n) is 0.997. The van der Waals surface area contributed by atoms with Gasteiger partial charge in [-0.25, -0.2) is 0 Å². The predicted molar refractivity (Wildman–Crippen MR) is 62.1 cm³/mol. The molecule has 0 amide bonds. The van der Waals surface area contributed by atoms with Crippen LogP contribution in [0.25, 0.3) is 0 Å². The van der Waals surface area contributed by atoms with Crippen LogP contribution in [0, 0.1) is 5.41 Å². The lowest BCUT2D eigenvalue weighted by molar-refractivity contribution is -0.275. The van der Waals surface area contributed by atoms with Crippen LogP contribution in [-0.2, 0) is 4.84 Å². The van der Waals surface area contributed by atoms with E-state index in [1.165, 1.54) is 0 Å². The van der Waals surface area contributed by atoms with Crippen LogP contribution in [0.4, 0.5) is 0 Å². The van der Waals surface area contributed by atoms with E-state index in [1.807, 2.05) is 12.1 Å². The Balaban J connectivity index is 4.61. The molecule has 0 aromatic carbocycles. The molecule has 0 aliphatic heterocycles. The first-order valence-corrected chi connectivity index (χ1v) is 5.31. The normalized spacial score (nSPS) is 15.0. The summed E-state index contributed by atoms with van der Waals surface area (Å²) in [6.07, 6.45) is 0. The maximum absolute atomic E-state index is 5.86. The average Bonchev–Trinajstić information content (AvgIpc) is 1.80. The molecule has 0 unspecified atom stereocenters. The molecule has 0 atom stereocenters. The molecule has 14 heavy (non-hydrogen) atoms. The van der Waals surface area contributed by atoms with E-state index in [9.17, 15) is 0 Å². The molecule has 0 aliphatic carbocycles. The summed E-state index contributed by atoms with van der Waals surface area (Å²) in [4.78, 5) is 5.86. The van der Waals surface area contributed by atoms with Gasteiger partial charge in [0.1, 0.15) is 0 Å². The smallest absolute Gasteiger partial charge is 0.0816 e. The van der Waals surface area contributed by atoms with Gasteiger partial charge in [0, 0.05) is 12.6 Å². The molecule has 0 aliphatic rings. The van der Waals surface area contributed by atoms with E-state index in [1.54, 1.807) is 0 Å². The van der Waals surface area contributed by atoms with E-state index in [-0.39, 0.29) is 16.6 Å². The van der Waals surface area contributed by atoms with Gasteiger partial charge in [-0.2, -0.15) is 5.06 Å². The molecule has 0 rings (SSSR count). The van der Waals surface area contributed by atoms with Crippen molar-refractivity contribution < 1.29 is 4.84 Å². The van der Waals surface area contributed by atoms with Crippen molar-refractivity contribution in [2.45, 2.75) is 66.5 Å². The molecule has 0 heterocycles. The molecule has 0 saturated heterocycles. The topological polar surface area (TPSA) is 12.5 Å². The van der Waals surface area contributed by atoms with E-state index in [0.717, 1.165) is 0 Å². The zero-order chi connectivity index (χ0) is 11.8. The molecule has 0 bridgehead atoms. The van der Waals surface area contributed by atoms with Crippen LogP contribution in [0.5, 0.6) is 0 Å². The third kappa shape index (κ3) is 3.58. The van der Waals surface area contributed by atoms with Crippen molar-refractivity contribution in [3.63, 3.8) is 0 Å². The van der Waals surface area contributed by atoms with Crippen LogP contribution in [0.3, 0.4) is 0 Å². The molecule has 0 spiro atoms. The first-order valence-electron chi connectivity index (χ1n) is 5.31. The van der Waals surface area contributed by atoms with Gasteiger partial charge in [0.2, 0.25) is 0 Å². The summed E-state index contributed by atoms with van der Waals surface area (Å²) in [7, 11) is 2.01. The number of rotatable bonds is 2. The Labute approximate surface area is 89.6 Å². The maximum atomic E-state index is 5.86. The average molecular weight is 201 g/mol. The Bertz CT molecular complexity index is 183. The van der Waals surface area contributed by atoms with Crippen molar-refractivity contribution in [3.05, 3.63) is 0 Å². The zero-order valence-corrected chi connectivity index (χ0v) is 11.4. The number of nitrogens with zero attached hydrogens (tertiary/aromatic N) is 1. The van der Waals surface area contributed by atoms with E-state index in [4.69, 9.17) is 4.84 Å². The molecule has 0 aromatic rings. The van der Waals surface area contributed by atoms with Crippen molar-refractivity contribution in [1.82, 2.24) is 5.06 Å². The van der Waals surface area contributed by atoms with Gasteiger partial charge in [0.25, 0.3) is 0 Å². The van der Waals surface area contributed by atoms with Gasteiger partial charge < -0.3 is 0 Å². The SMILES string of the molecule is CN(OC(C)(C)C)C(C)(C)C(C)(C)C. The molecular formula is C12H27NO. The van der Waals surface area contributed by atoms with E-state index in [2.05, 4.69) is 55.4 Å². The Morgan fingerprint density at radius 1 is 0.786 bits per heavy atom. The van der Waals surface area contributed by atoms with Crippen LogP contribution in [0.2, 0.25) is 0 Å². The molecule has 0 radical (unpaired) electrons. The fraction of sp³-hybridized carbons (Fsp3) is 1.00. The molecule has 2 heteroatoms. The second-order valence-corrected chi connectivity index (χ2v) is 6.51. The minimum absolute atomic E-state index is 0.0142. The first-order chi connectivity index (χ1) is 5.88. The third-order valence-electron chi connectivity index (χ3n) is 3.03. The fourth-order valence-corrected chi connectivity index (χ4v) is 0.997. The molecular weight excluding hydrogens is 174 g/mol. The van der Waals surface area contributed by atoms with Gasteiger partial charge >= 0.3 is 0 Å². The van der Waals surface area contributed by atoms with Gasteiger partial charge in [0.05, 0.1) is 5.60 Å². The van der Waals surface area contributed by atoms with Crippen LogP contribution in [0.15, 0.2) is 0 Å². The van der Waals surface area contributed by atoms with Crippen LogP contribution < -0.4 is 0 Å². The summed E-state index contributed by atoms with van der Waals surface area (Å²) >= 11 is 0. The highest BCUT2D eigenvalue weighted by Crippen LogP contribution is 2.35. The minimum Gasteiger partial charge on any atom is -0.293 e. The van der Waals surface area contributed by atoms with Gasteiger partial charge in [-0.1, -0.05) is 20.8 Å². The molecule has 0 saturated carbocycles. The Hall–Kier alpha value is -0.0800. The van der Waals surface area contributed by atoms with Gasteiger partial charge in [-0.05, 0) is 40.0 Å². The summed E-state index contributed by atoms with van der Waals surface area (Å²) in [6, 6.07) is 0.